The van der Waals surface area contributed by atoms with E-state index < -0.39 is 6.04 Å². The zero-order valence-electron chi connectivity index (χ0n) is 12.7. The van der Waals surface area contributed by atoms with Gasteiger partial charge in [-0.15, -0.1) is 0 Å². The lowest BCUT2D eigenvalue weighted by molar-refractivity contribution is -0.134. The van der Waals surface area contributed by atoms with Crippen LogP contribution in [-0.2, 0) is 9.59 Å². The zero-order chi connectivity index (χ0) is 15.7. The normalized spacial score (nSPS) is 23.2. The second-order valence-corrected chi connectivity index (χ2v) is 5.92. The standard InChI is InChI=1S/C16H20FN3O2/c1-18-8-10-19(11-9-18)16(22)14-6-7-15(21)20(14)13-4-2-12(17)3-5-13/h2-5,14H,6-11H2,1H3. The molecule has 2 aliphatic rings. The molecular weight excluding hydrogens is 285 g/mol. The average Bonchev–Trinajstić information content (AvgIpc) is 2.90. The van der Waals surface area contributed by atoms with Crippen LogP contribution in [0.2, 0.25) is 0 Å². The predicted molar refractivity (Wildman–Crippen MR) is 81.0 cm³/mol. The lowest BCUT2D eigenvalue weighted by Crippen LogP contribution is -2.53. The van der Waals surface area contributed by atoms with Crippen LogP contribution in [0.1, 0.15) is 12.8 Å². The summed E-state index contributed by atoms with van der Waals surface area (Å²) < 4.78 is 13.1. The van der Waals surface area contributed by atoms with Gasteiger partial charge in [0.2, 0.25) is 11.8 Å². The highest BCUT2D eigenvalue weighted by Gasteiger charge is 2.39. The van der Waals surface area contributed by atoms with Gasteiger partial charge >= 0.3 is 0 Å². The fraction of sp³-hybridized carbons (Fsp3) is 0.500. The molecule has 0 bridgehead atoms. The molecule has 5 nitrogen and oxygen atoms in total. The Labute approximate surface area is 129 Å². The first-order valence-electron chi connectivity index (χ1n) is 7.61. The van der Waals surface area contributed by atoms with E-state index in [2.05, 4.69) is 4.90 Å². The third kappa shape index (κ3) is 2.83. The molecule has 3 rings (SSSR count). The van der Waals surface area contributed by atoms with Crippen LogP contribution in [0.3, 0.4) is 0 Å². The summed E-state index contributed by atoms with van der Waals surface area (Å²) in [5, 5.41) is 0. The van der Waals surface area contributed by atoms with Crippen molar-refractivity contribution in [3.63, 3.8) is 0 Å². The lowest BCUT2D eigenvalue weighted by atomic mass is 10.1. The molecule has 2 fully saturated rings. The molecule has 2 saturated heterocycles. The highest BCUT2D eigenvalue weighted by molar-refractivity contribution is 6.03. The van der Waals surface area contributed by atoms with Crippen molar-refractivity contribution in [3.8, 4) is 0 Å². The molecule has 1 atom stereocenters. The number of benzene rings is 1. The number of carbonyl (C=O) groups is 2. The van der Waals surface area contributed by atoms with Crippen molar-refractivity contribution in [1.82, 2.24) is 9.80 Å². The summed E-state index contributed by atoms with van der Waals surface area (Å²) in [6, 6.07) is 5.30. The van der Waals surface area contributed by atoms with Crippen molar-refractivity contribution in [2.75, 3.05) is 38.1 Å². The van der Waals surface area contributed by atoms with Crippen LogP contribution < -0.4 is 4.90 Å². The zero-order valence-corrected chi connectivity index (χ0v) is 12.7. The van der Waals surface area contributed by atoms with Crippen molar-refractivity contribution in [1.29, 1.82) is 0 Å². The second kappa shape index (κ2) is 6.04. The topological polar surface area (TPSA) is 43.9 Å². The fourth-order valence-corrected chi connectivity index (χ4v) is 3.08. The van der Waals surface area contributed by atoms with Gasteiger partial charge in [-0.25, -0.2) is 4.39 Å². The third-order valence-electron chi connectivity index (χ3n) is 4.42. The first-order chi connectivity index (χ1) is 10.6. The second-order valence-electron chi connectivity index (χ2n) is 5.92. The van der Waals surface area contributed by atoms with Gasteiger partial charge in [-0.1, -0.05) is 0 Å². The number of carbonyl (C=O) groups excluding carboxylic acids is 2. The molecule has 0 aliphatic carbocycles. The van der Waals surface area contributed by atoms with Crippen molar-refractivity contribution >= 4 is 17.5 Å². The van der Waals surface area contributed by atoms with Crippen molar-refractivity contribution in [2.45, 2.75) is 18.9 Å². The van der Waals surface area contributed by atoms with Crippen LogP contribution in [-0.4, -0.2) is 60.9 Å². The Morgan fingerprint density at radius 3 is 2.41 bits per heavy atom. The van der Waals surface area contributed by atoms with Crippen LogP contribution in [0.4, 0.5) is 10.1 Å². The third-order valence-corrected chi connectivity index (χ3v) is 4.42. The van der Waals surface area contributed by atoms with E-state index in [4.69, 9.17) is 0 Å². The van der Waals surface area contributed by atoms with E-state index in [0.29, 0.717) is 31.6 Å². The molecule has 2 amide bonds. The first kappa shape index (κ1) is 15.0. The molecule has 0 spiro atoms. The maximum atomic E-state index is 13.1. The van der Waals surface area contributed by atoms with E-state index in [1.807, 2.05) is 11.9 Å². The van der Waals surface area contributed by atoms with Gasteiger partial charge in [-0.2, -0.15) is 0 Å². The minimum absolute atomic E-state index is 0.00303. The summed E-state index contributed by atoms with van der Waals surface area (Å²) in [5.74, 6) is -0.417. The highest BCUT2D eigenvalue weighted by atomic mass is 19.1. The number of halogens is 1. The Balaban J connectivity index is 1.78. The van der Waals surface area contributed by atoms with Gasteiger partial charge in [0.05, 0.1) is 0 Å². The van der Waals surface area contributed by atoms with Gasteiger partial charge < -0.3 is 9.80 Å². The summed E-state index contributed by atoms with van der Waals surface area (Å²) >= 11 is 0. The van der Waals surface area contributed by atoms with Crippen LogP contribution in [0.15, 0.2) is 24.3 Å². The number of amides is 2. The number of anilines is 1. The van der Waals surface area contributed by atoms with Crippen LogP contribution >= 0.6 is 0 Å². The average molecular weight is 305 g/mol. The van der Waals surface area contributed by atoms with E-state index in [0.717, 1.165) is 13.1 Å². The maximum Gasteiger partial charge on any atom is 0.245 e. The Hall–Kier alpha value is -1.95. The molecule has 1 aromatic rings. The summed E-state index contributed by atoms with van der Waals surface area (Å²) in [6.45, 7) is 3.08. The summed E-state index contributed by atoms with van der Waals surface area (Å²) in [7, 11) is 2.03. The Kier molecular flexibility index (Phi) is 4.11. The Morgan fingerprint density at radius 2 is 1.77 bits per heavy atom. The maximum absolute atomic E-state index is 13.1. The van der Waals surface area contributed by atoms with Gasteiger partial charge in [0.1, 0.15) is 11.9 Å². The molecule has 2 aliphatic heterocycles. The predicted octanol–water partition coefficient (Wildman–Crippen LogP) is 1.10. The molecule has 0 radical (unpaired) electrons. The minimum atomic E-state index is -0.457. The van der Waals surface area contributed by atoms with Gasteiger partial charge in [0, 0.05) is 38.3 Å². The summed E-state index contributed by atoms with van der Waals surface area (Å²) in [5.41, 5.74) is 0.594. The Bertz CT molecular complexity index is 567. The quantitative estimate of drug-likeness (QED) is 0.822. The van der Waals surface area contributed by atoms with E-state index in [-0.39, 0.29) is 17.6 Å². The first-order valence-corrected chi connectivity index (χ1v) is 7.61. The molecule has 2 heterocycles. The smallest absolute Gasteiger partial charge is 0.245 e. The number of rotatable bonds is 2. The number of likely N-dealkylation sites (N-methyl/N-ethyl adjacent to an activating group) is 1. The fourth-order valence-electron chi connectivity index (χ4n) is 3.08. The summed E-state index contributed by atoms with van der Waals surface area (Å²) in [6.07, 6.45) is 0.892. The molecule has 1 unspecified atom stereocenters. The SMILES string of the molecule is CN1CCN(C(=O)C2CCC(=O)N2c2ccc(F)cc2)CC1. The molecule has 118 valence electrons. The molecule has 0 saturated carbocycles. The van der Waals surface area contributed by atoms with Crippen LogP contribution in [0, 0.1) is 5.82 Å². The Morgan fingerprint density at radius 1 is 1.14 bits per heavy atom. The van der Waals surface area contributed by atoms with E-state index >= 15 is 0 Å². The van der Waals surface area contributed by atoms with Gasteiger partial charge in [-0.3, -0.25) is 14.5 Å². The molecule has 0 aromatic heterocycles. The monoisotopic (exact) mass is 305 g/mol. The van der Waals surface area contributed by atoms with E-state index in [1.54, 1.807) is 12.1 Å². The largest absolute Gasteiger partial charge is 0.338 e. The van der Waals surface area contributed by atoms with Crippen LogP contribution in [0.25, 0.3) is 0 Å². The minimum Gasteiger partial charge on any atom is -0.338 e. The van der Waals surface area contributed by atoms with Crippen LogP contribution in [0.5, 0.6) is 0 Å². The molecule has 22 heavy (non-hydrogen) atoms. The van der Waals surface area contributed by atoms with Crippen molar-refractivity contribution < 1.29 is 14.0 Å². The van der Waals surface area contributed by atoms with Gasteiger partial charge in [0.25, 0.3) is 0 Å². The van der Waals surface area contributed by atoms with Crippen molar-refractivity contribution in [3.05, 3.63) is 30.1 Å². The van der Waals surface area contributed by atoms with Gasteiger partial charge in [-0.05, 0) is 37.7 Å². The lowest BCUT2D eigenvalue weighted by Gasteiger charge is -2.35. The van der Waals surface area contributed by atoms with Crippen molar-refractivity contribution in [2.24, 2.45) is 0 Å². The molecule has 0 N–H and O–H groups in total. The summed E-state index contributed by atoms with van der Waals surface area (Å²) in [4.78, 5) is 30.4. The highest BCUT2D eigenvalue weighted by Crippen LogP contribution is 2.28. The number of nitrogens with zero attached hydrogens (tertiary/aromatic N) is 3. The molecule has 1 aromatic carbocycles. The number of piperazine rings is 1. The van der Waals surface area contributed by atoms with E-state index in [1.165, 1.54) is 17.0 Å². The molecule has 6 heteroatoms. The number of hydrogen-bond donors (Lipinski definition) is 0. The van der Waals surface area contributed by atoms with E-state index in [9.17, 15) is 14.0 Å². The van der Waals surface area contributed by atoms with Gasteiger partial charge in [0.15, 0.2) is 0 Å². The molecular formula is C16H20FN3O2. The number of hydrogen-bond acceptors (Lipinski definition) is 3.